The first kappa shape index (κ1) is 15.9. The van der Waals surface area contributed by atoms with Crippen LogP contribution in [0, 0.1) is 6.92 Å². The lowest BCUT2D eigenvalue weighted by Crippen LogP contribution is -2.89. The molecule has 0 bridgehead atoms. The average Bonchev–Trinajstić information content (AvgIpc) is 3.49. The predicted molar refractivity (Wildman–Crippen MR) is 120 cm³/mol. The Hall–Kier alpha value is -4.76. The minimum Gasteiger partial charge on any atom is -0.448 e. The Balaban J connectivity index is 1.59. The second-order valence-corrected chi connectivity index (χ2v) is 9.10. The molecule has 0 radical (unpaired) electrons. The number of ether oxygens (including phenoxy) is 2. The molecule has 0 fully saturated rings. The van der Waals surface area contributed by atoms with Crippen LogP contribution in [0.2, 0.25) is 0 Å². The zero-order valence-electron chi connectivity index (χ0n) is 17.8. The number of hydrogen-bond donors (Lipinski definition) is 0. The highest BCUT2D eigenvalue weighted by Crippen LogP contribution is 2.56. The third-order valence-corrected chi connectivity index (χ3v) is 7.42. The summed E-state index contributed by atoms with van der Waals surface area (Å²) < 4.78 is 17.4. The molecule has 4 aliphatic heterocycles. The van der Waals surface area contributed by atoms with Crippen LogP contribution in [0.1, 0.15) is 5.69 Å². The first-order valence-corrected chi connectivity index (χ1v) is 11.2. The highest BCUT2D eigenvalue weighted by atomic mass is 16.5. The fourth-order valence-corrected chi connectivity index (χ4v) is 6.31. The summed E-state index contributed by atoms with van der Waals surface area (Å²) in [6, 6.07) is 20.5. The van der Waals surface area contributed by atoms with Crippen LogP contribution in [-0.2, 0) is 0 Å². The number of quaternary nitrogens is 1. The van der Waals surface area contributed by atoms with Gasteiger partial charge in [-0.3, -0.25) is 0 Å². The Bertz CT molecular complexity index is 2000. The summed E-state index contributed by atoms with van der Waals surface area (Å²) in [5.41, 5.74) is 6.84. The van der Waals surface area contributed by atoms with Gasteiger partial charge in [-0.05, 0) is 54.5 Å². The van der Waals surface area contributed by atoms with Crippen molar-refractivity contribution in [1.29, 1.82) is 0 Å². The third kappa shape index (κ3) is 1.34. The first-order valence-electron chi connectivity index (χ1n) is 11.2. The van der Waals surface area contributed by atoms with E-state index < -0.39 is 0 Å². The van der Waals surface area contributed by atoms with Crippen molar-refractivity contribution in [3.8, 4) is 40.2 Å². The number of fused-ring (bicyclic) bond motifs is 3. The van der Waals surface area contributed by atoms with E-state index in [1.807, 2.05) is 54.3 Å². The van der Waals surface area contributed by atoms with Gasteiger partial charge in [0.05, 0.1) is 23.3 Å². The molecule has 158 valence electrons. The highest BCUT2D eigenvalue weighted by Gasteiger charge is 2.73. The van der Waals surface area contributed by atoms with Crippen LogP contribution < -0.4 is 23.8 Å². The molecule has 2 aromatic carbocycles. The van der Waals surface area contributed by atoms with Crippen LogP contribution in [0.3, 0.4) is 0 Å². The molecule has 0 saturated carbocycles. The minimum atomic E-state index is 0.0829. The first-order chi connectivity index (χ1) is 16.8. The molecule has 0 aliphatic carbocycles. The summed E-state index contributed by atoms with van der Waals surface area (Å²) >= 11 is 0. The van der Waals surface area contributed by atoms with Crippen molar-refractivity contribution >= 4 is 27.6 Å². The van der Waals surface area contributed by atoms with Gasteiger partial charge in [-0.15, -0.1) is 5.10 Å². The molecule has 1 unspecified atom stereocenters. The number of benzene rings is 2. The van der Waals surface area contributed by atoms with Crippen molar-refractivity contribution in [2.45, 2.75) is 6.92 Å². The van der Waals surface area contributed by atoms with Gasteiger partial charge in [-0.2, -0.15) is 4.57 Å². The average molecular weight is 444 g/mol. The number of pyridine rings is 1. The van der Waals surface area contributed by atoms with E-state index in [0.717, 1.165) is 73.5 Å². The van der Waals surface area contributed by atoms with Crippen molar-refractivity contribution in [2.24, 2.45) is 0 Å². The normalized spacial score (nSPS) is 18.7. The van der Waals surface area contributed by atoms with E-state index in [2.05, 4.69) is 38.3 Å². The predicted octanol–water partition coefficient (Wildman–Crippen LogP) is 3.46. The van der Waals surface area contributed by atoms with Gasteiger partial charge >= 0.3 is 22.9 Å². The van der Waals surface area contributed by atoms with Gasteiger partial charge < -0.3 is 9.47 Å². The second-order valence-electron chi connectivity index (χ2n) is 9.10. The minimum absolute atomic E-state index is 0.0829. The lowest BCUT2D eigenvalue weighted by Gasteiger charge is -2.30. The number of rotatable bonds is 0. The smallest absolute Gasteiger partial charge is 0.438 e. The molecule has 0 saturated heterocycles. The van der Waals surface area contributed by atoms with Gasteiger partial charge in [0.1, 0.15) is 9.47 Å². The van der Waals surface area contributed by atoms with Crippen molar-refractivity contribution in [2.75, 3.05) is 0 Å². The van der Waals surface area contributed by atoms with Gasteiger partial charge in [0, 0.05) is 16.2 Å². The molecule has 4 aromatic heterocycles. The molecule has 9 heteroatoms. The Morgan fingerprint density at radius 1 is 0.912 bits per heavy atom. The monoisotopic (exact) mass is 444 g/mol. The fraction of sp³-hybridized carbons (Fsp3) is 0.0400. The number of hydrogen-bond acceptors (Lipinski definition) is 4. The molecule has 1 spiro atoms. The van der Waals surface area contributed by atoms with E-state index in [1.54, 1.807) is 0 Å². The molecule has 6 aromatic rings. The van der Waals surface area contributed by atoms with Gasteiger partial charge in [-0.1, -0.05) is 6.07 Å². The summed E-state index contributed by atoms with van der Waals surface area (Å²) in [5, 5.41) is 12.2. The van der Waals surface area contributed by atoms with Crippen molar-refractivity contribution in [3.63, 3.8) is 0 Å². The van der Waals surface area contributed by atoms with Crippen LogP contribution in [0.5, 0.6) is 23.1 Å². The van der Waals surface area contributed by atoms with Crippen LogP contribution in [0.15, 0.2) is 66.9 Å². The molecule has 10 rings (SSSR count). The number of aryl methyl sites for hydroxylation is 1. The molecular formula is C25H14N7O2+3. The zero-order chi connectivity index (χ0) is 21.9. The molecule has 9 nitrogen and oxygen atoms in total. The molecule has 0 amide bonds. The van der Waals surface area contributed by atoms with E-state index in [0.29, 0.717) is 0 Å². The quantitative estimate of drug-likeness (QED) is 0.266. The van der Waals surface area contributed by atoms with E-state index in [4.69, 9.17) is 19.7 Å². The number of aromatic nitrogens is 6. The topological polar surface area (TPSA) is 61.9 Å². The van der Waals surface area contributed by atoms with Crippen molar-refractivity contribution in [1.82, 2.24) is 24.4 Å². The summed E-state index contributed by atoms with van der Waals surface area (Å²) in [6.45, 7) is 2.02. The van der Waals surface area contributed by atoms with Gasteiger partial charge in [0.15, 0.2) is 17.0 Å². The largest absolute Gasteiger partial charge is 0.448 e. The van der Waals surface area contributed by atoms with Crippen LogP contribution >= 0.6 is 0 Å². The maximum atomic E-state index is 6.51. The highest BCUT2D eigenvalue weighted by molar-refractivity contribution is 6.11. The van der Waals surface area contributed by atoms with E-state index >= 15 is 0 Å². The Morgan fingerprint density at radius 2 is 1.82 bits per heavy atom. The van der Waals surface area contributed by atoms with Crippen molar-refractivity contribution < 1.29 is 18.9 Å². The van der Waals surface area contributed by atoms with Crippen LogP contribution in [0.4, 0.5) is 5.69 Å². The fourth-order valence-electron chi connectivity index (χ4n) is 6.31. The summed E-state index contributed by atoms with van der Waals surface area (Å²) in [7, 11) is 0. The lowest BCUT2D eigenvalue weighted by atomic mass is 10.1. The third-order valence-electron chi connectivity index (χ3n) is 7.42. The molecule has 8 heterocycles. The number of para-hydroxylation sites is 1. The molecule has 1 atom stereocenters. The Labute approximate surface area is 190 Å². The maximum Gasteiger partial charge on any atom is 0.438 e. The molecule has 4 aliphatic rings. The zero-order valence-corrected chi connectivity index (χ0v) is 17.8. The van der Waals surface area contributed by atoms with Crippen LogP contribution in [0.25, 0.3) is 39.0 Å². The summed E-state index contributed by atoms with van der Waals surface area (Å²) in [5.74, 6) is 3.09. The van der Waals surface area contributed by atoms with E-state index in [9.17, 15) is 0 Å². The second kappa shape index (κ2) is 4.63. The maximum absolute atomic E-state index is 6.51. The Kier molecular flexibility index (Phi) is 2.17. The standard InChI is InChI=1S/C25H14N7O2/c1-13-12-17-16-5-3-7-21-29(16)32(30(17)27-13)24-20(34-21)9-8-19-23(24)28-22-14(4-2-6-18(22)33-19)15-10-11-26-31(32)25(15)28/h2-12H,1H3/q+3. The SMILES string of the molecule is Cc1cc2n(n1)[N+]13c4c(ccc5c4-n4c6c(cccc6c6ccn[n+]1c64)O5)Oc1cccc-2[n+]13. The van der Waals surface area contributed by atoms with Gasteiger partial charge in [0.25, 0.3) is 5.69 Å². The lowest BCUT2D eigenvalue weighted by molar-refractivity contribution is -1.07. The van der Waals surface area contributed by atoms with Crippen LogP contribution in [-0.4, -0.2) is 19.6 Å². The Morgan fingerprint density at radius 3 is 2.79 bits per heavy atom. The van der Waals surface area contributed by atoms with Gasteiger partial charge in [-0.25, -0.2) is 0 Å². The summed E-state index contributed by atoms with van der Waals surface area (Å²) in [6.07, 6.45) is 1.87. The molecular weight excluding hydrogens is 430 g/mol. The van der Waals surface area contributed by atoms with E-state index in [-0.39, 0.29) is 4.81 Å². The van der Waals surface area contributed by atoms with Crippen molar-refractivity contribution in [3.05, 3.63) is 72.6 Å². The molecule has 34 heavy (non-hydrogen) atoms. The van der Waals surface area contributed by atoms with E-state index in [1.165, 1.54) is 0 Å². The van der Waals surface area contributed by atoms with Gasteiger partial charge in [0.2, 0.25) is 16.3 Å². The molecule has 0 N–H and O–H groups in total. The number of nitrogens with zero attached hydrogens (tertiary/aromatic N) is 7. The summed E-state index contributed by atoms with van der Waals surface area (Å²) in [4.78, 5) is 4.18.